The van der Waals surface area contributed by atoms with Crippen LogP contribution in [0.25, 0.3) is 0 Å². The van der Waals surface area contributed by atoms with Crippen molar-refractivity contribution in [2.45, 2.75) is 18.9 Å². The number of benzene rings is 2. The topological polar surface area (TPSA) is 43.4 Å². The van der Waals surface area contributed by atoms with Gasteiger partial charge < -0.3 is 4.74 Å². The second kappa shape index (κ2) is 7.24. The summed E-state index contributed by atoms with van der Waals surface area (Å²) in [5.74, 6) is -0.462. The maximum absolute atomic E-state index is 11.8. The predicted octanol–water partition coefficient (Wildman–Crippen LogP) is 3.04. The molecule has 0 saturated heterocycles. The van der Waals surface area contributed by atoms with Gasteiger partial charge in [-0.15, -0.1) is 0 Å². The summed E-state index contributed by atoms with van der Waals surface area (Å²) in [5.41, 5.74) is 1.58. The smallest absolute Gasteiger partial charge is 0.338 e. The first-order chi connectivity index (χ1) is 9.79. The number of hydrogen-bond acceptors (Lipinski definition) is 3. The molecule has 102 valence electrons. The maximum atomic E-state index is 11.8. The zero-order chi connectivity index (χ0) is 14.2. The average molecular weight is 268 g/mol. The summed E-state index contributed by atoms with van der Waals surface area (Å²) in [6.45, 7) is 0. The quantitative estimate of drug-likeness (QED) is 0.597. The van der Waals surface area contributed by atoms with Gasteiger partial charge >= 0.3 is 5.97 Å². The zero-order valence-corrected chi connectivity index (χ0v) is 11.1. The highest BCUT2D eigenvalue weighted by atomic mass is 16.5. The van der Waals surface area contributed by atoms with Crippen LogP contribution in [-0.4, -0.2) is 18.4 Å². The molecule has 0 aromatic heterocycles. The highest BCUT2D eigenvalue weighted by Crippen LogP contribution is 2.09. The lowest BCUT2D eigenvalue weighted by molar-refractivity contribution is -0.115. The summed E-state index contributed by atoms with van der Waals surface area (Å²) >= 11 is 0. The zero-order valence-electron chi connectivity index (χ0n) is 11.1. The predicted molar refractivity (Wildman–Crippen MR) is 76.5 cm³/mol. The van der Waals surface area contributed by atoms with Crippen LogP contribution in [0.1, 0.15) is 22.3 Å². The lowest BCUT2D eigenvalue weighted by Gasteiger charge is -2.12. The van der Waals surface area contributed by atoms with Gasteiger partial charge in [0.25, 0.3) is 0 Å². The van der Waals surface area contributed by atoms with Crippen molar-refractivity contribution in [1.29, 1.82) is 0 Å². The van der Waals surface area contributed by atoms with Crippen molar-refractivity contribution in [3.8, 4) is 0 Å². The molecular formula is C17H16O3. The fourth-order valence-electron chi connectivity index (χ4n) is 1.89. The van der Waals surface area contributed by atoms with Crippen LogP contribution in [0.3, 0.4) is 0 Å². The highest BCUT2D eigenvalue weighted by molar-refractivity contribution is 5.90. The second-order valence-corrected chi connectivity index (χ2v) is 4.47. The number of carbonyl (C=O) groups is 2. The SMILES string of the molecule is O=CC(CCc1ccccc1)OC(=O)c1ccccc1. The Morgan fingerprint density at radius 2 is 1.60 bits per heavy atom. The van der Waals surface area contributed by atoms with Gasteiger partial charge in [0.1, 0.15) is 0 Å². The molecule has 2 aromatic carbocycles. The van der Waals surface area contributed by atoms with Gasteiger partial charge in [0.2, 0.25) is 0 Å². The van der Waals surface area contributed by atoms with E-state index in [0.29, 0.717) is 24.7 Å². The van der Waals surface area contributed by atoms with E-state index in [0.717, 1.165) is 5.56 Å². The molecule has 0 aliphatic heterocycles. The van der Waals surface area contributed by atoms with Crippen LogP contribution >= 0.6 is 0 Å². The Balaban J connectivity index is 1.89. The molecule has 2 rings (SSSR count). The number of aryl methyl sites for hydroxylation is 1. The van der Waals surface area contributed by atoms with E-state index in [1.165, 1.54) is 0 Å². The molecule has 2 aromatic rings. The van der Waals surface area contributed by atoms with Gasteiger partial charge in [0.05, 0.1) is 5.56 Å². The molecule has 0 amide bonds. The van der Waals surface area contributed by atoms with Crippen LogP contribution in [0.5, 0.6) is 0 Å². The molecule has 0 fully saturated rings. The Hall–Kier alpha value is -2.42. The second-order valence-electron chi connectivity index (χ2n) is 4.47. The van der Waals surface area contributed by atoms with E-state index >= 15 is 0 Å². The van der Waals surface area contributed by atoms with Crippen LogP contribution < -0.4 is 0 Å². The van der Waals surface area contributed by atoms with Crippen LogP contribution in [0.4, 0.5) is 0 Å². The van der Waals surface area contributed by atoms with E-state index in [4.69, 9.17) is 4.74 Å². The number of ether oxygens (including phenoxy) is 1. The van der Waals surface area contributed by atoms with Gasteiger partial charge in [-0.3, -0.25) is 4.79 Å². The van der Waals surface area contributed by atoms with Gasteiger partial charge in [0, 0.05) is 0 Å². The average Bonchev–Trinajstić information content (AvgIpc) is 2.53. The van der Waals surface area contributed by atoms with Crippen LogP contribution in [0.2, 0.25) is 0 Å². The summed E-state index contributed by atoms with van der Waals surface area (Å²) in [4.78, 5) is 22.9. The lowest BCUT2D eigenvalue weighted by atomic mass is 10.1. The number of aldehydes is 1. The standard InChI is InChI=1S/C17H16O3/c18-13-16(12-11-14-7-3-1-4-8-14)20-17(19)15-9-5-2-6-10-15/h1-10,13,16H,11-12H2. The first kappa shape index (κ1) is 14.0. The minimum atomic E-state index is -0.706. The monoisotopic (exact) mass is 268 g/mol. The van der Waals surface area contributed by atoms with Gasteiger partial charge in [0.15, 0.2) is 12.4 Å². The van der Waals surface area contributed by atoms with E-state index in [-0.39, 0.29) is 0 Å². The molecule has 1 atom stereocenters. The summed E-state index contributed by atoms with van der Waals surface area (Å²) in [6, 6.07) is 18.5. The fourth-order valence-corrected chi connectivity index (χ4v) is 1.89. The number of carbonyl (C=O) groups excluding carboxylic acids is 2. The normalized spacial score (nSPS) is 11.6. The molecule has 1 unspecified atom stereocenters. The minimum Gasteiger partial charge on any atom is -0.451 e. The largest absolute Gasteiger partial charge is 0.451 e. The van der Waals surface area contributed by atoms with Crippen LogP contribution in [0.15, 0.2) is 60.7 Å². The first-order valence-electron chi connectivity index (χ1n) is 6.55. The van der Waals surface area contributed by atoms with Gasteiger partial charge in [-0.05, 0) is 30.5 Å². The van der Waals surface area contributed by atoms with Crippen molar-refractivity contribution >= 4 is 12.3 Å². The van der Waals surface area contributed by atoms with E-state index in [1.807, 2.05) is 36.4 Å². The van der Waals surface area contributed by atoms with Crippen molar-refractivity contribution < 1.29 is 14.3 Å². The van der Waals surface area contributed by atoms with Crippen LogP contribution in [-0.2, 0) is 16.0 Å². The summed E-state index contributed by atoms with van der Waals surface area (Å²) in [5, 5.41) is 0. The fraction of sp³-hybridized carbons (Fsp3) is 0.176. The van der Waals surface area contributed by atoms with Crippen molar-refractivity contribution in [2.24, 2.45) is 0 Å². The number of hydrogen-bond donors (Lipinski definition) is 0. The third-order valence-electron chi connectivity index (χ3n) is 2.98. The van der Waals surface area contributed by atoms with Crippen molar-refractivity contribution in [2.75, 3.05) is 0 Å². The molecule has 0 heterocycles. The van der Waals surface area contributed by atoms with Gasteiger partial charge in [-0.2, -0.15) is 0 Å². The summed E-state index contributed by atoms with van der Waals surface area (Å²) in [6.07, 6.45) is 1.17. The Kier molecular flexibility index (Phi) is 5.07. The van der Waals surface area contributed by atoms with Crippen molar-refractivity contribution in [3.05, 3.63) is 71.8 Å². The highest BCUT2D eigenvalue weighted by Gasteiger charge is 2.14. The van der Waals surface area contributed by atoms with E-state index < -0.39 is 12.1 Å². The summed E-state index contributed by atoms with van der Waals surface area (Å²) < 4.78 is 5.20. The molecule has 0 radical (unpaired) electrons. The molecule has 0 aliphatic rings. The van der Waals surface area contributed by atoms with E-state index in [1.54, 1.807) is 24.3 Å². The Morgan fingerprint density at radius 3 is 2.20 bits per heavy atom. The molecule has 0 spiro atoms. The van der Waals surface area contributed by atoms with Gasteiger partial charge in [-0.1, -0.05) is 48.5 Å². The first-order valence-corrected chi connectivity index (χ1v) is 6.55. The Labute approximate surface area is 118 Å². The van der Waals surface area contributed by atoms with Crippen molar-refractivity contribution in [3.63, 3.8) is 0 Å². The number of rotatable bonds is 6. The molecule has 3 nitrogen and oxygen atoms in total. The molecule has 0 bridgehead atoms. The lowest BCUT2D eigenvalue weighted by Crippen LogP contribution is -2.20. The molecule has 0 N–H and O–H groups in total. The van der Waals surface area contributed by atoms with Crippen molar-refractivity contribution in [1.82, 2.24) is 0 Å². The van der Waals surface area contributed by atoms with Crippen LogP contribution in [0, 0.1) is 0 Å². The molecule has 3 heteroatoms. The molecule has 0 saturated carbocycles. The molecule has 0 aliphatic carbocycles. The van der Waals surface area contributed by atoms with Gasteiger partial charge in [-0.25, -0.2) is 4.79 Å². The third-order valence-corrected chi connectivity index (χ3v) is 2.98. The number of esters is 1. The van der Waals surface area contributed by atoms with E-state index in [2.05, 4.69) is 0 Å². The molecular weight excluding hydrogens is 252 g/mol. The Bertz CT molecular complexity index is 549. The van der Waals surface area contributed by atoms with E-state index in [9.17, 15) is 9.59 Å². The Morgan fingerprint density at radius 1 is 1.00 bits per heavy atom. The minimum absolute atomic E-state index is 0.457. The molecule has 20 heavy (non-hydrogen) atoms. The maximum Gasteiger partial charge on any atom is 0.338 e. The third kappa shape index (κ3) is 4.05. The summed E-state index contributed by atoms with van der Waals surface area (Å²) in [7, 11) is 0.